The first kappa shape index (κ1) is 12.9. The summed E-state index contributed by atoms with van der Waals surface area (Å²) in [4.78, 5) is 22.4. The third-order valence-electron chi connectivity index (χ3n) is 2.76. The fourth-order valence-electron chi connectivity index (χ4n) is 1.77. The lowest BCUT2D eigenvalue weighted by molar-refractivity contribution is -0.134. The number of carbonyl (C=O) groups is 2. The number of rotatable bonds is 5. The first-order valence-electron chi connectivity index (χ1n) is 5.92. The van der Waals surface area contributed by atoms with Gasteiger partial charge < -0.3 is 5.32 Å². The highest BCUT2D eigenvalue weighted by Gasteiger charge is 2.25. The predicted molar refractivity (Wildman–Crippen MR) is 62.8 cm³/mol. The summed E-state index contributed by atoms with van der Waals surface area (Å²) in [5, 5.41) is 5.54. The molecule has 0 aromatic rings. The largest absolute Gasteiger partial charge is 0.302 e. The Balaban J connectivity index is 2.40. The molecule has 4 heteroatoms. The topological polar surface area (TPSA) is 58.2 Å². The molecular weight excluding hydrogens is 204 g/mol. The summed E-state index contributed by atoms with van der Waals surface area (Å²) in [6.45, 7) is 4.94. The van der Waals surface area contributed by atoms with Crippen LogP contribution in [0.1, 0.15) is 39.5 Å². The first-order chi connectivity index (χ1) is 7.67. The Morgan fingerprint density at radius 1 is 1.50 bits per heavy atom. The van der Waals surface area contributed by atoms with Crippen molar-refractivity contribution in [2.45, 2.75) is 45.6 Å². The van der Waals surface area contributed by atoms with Crippen molar-refractivity contribution in [3.8, 4) is 0 Å². The van der Waals surface area contributed by atoms with Crippen LogP contribution < -0.4 is 10.6 Å². The van der Waals surface area contributed by atoms with Crippen LogP contribution >= 0.6 is 0 Å². The molecule has 0 bridgehead atoms. The maximum Gasteiger partial charge on any atom is 0.243 e. The van der Waals surface area contributed by atoms with Crippen molar-refractivity contribution in [1.82, 2.24) is 10.6 Å². The second-order valence-electron chi connectivity index (χ2n) is 4.01. The van der Waals surface area contributed by atoms with E-state index >= 15 is 0 Å². The smallest absolute Gasteiger partial charge is 0.243 e. The molecule has 2 N–H and O–H groups in total. The number of piperidine rings is 1. The highest BCUT2D eigenvalue weighted by atomic mass is 16.2. The van der Waals surface area contributed by atoms with E-state index in [0.29, 0.717) is 12.8 Å². The quantitative estimate of drug-likeness (QED) is 0.543. The van der Waals surface area contributed by atoms with Gasteiger partial charge in [0.25, 0.3) is 0 Å². The third kappa shape index (κ3) is 3.77. The van der Waals surface area contributed by atoms with Gasteiger partial charge in [-0.05, 0) is 19.3 Å². The van der Waals surface area contributed by atoms with Crippen LogP contribution in [0.5, 0.6) is 0 Å². The van der Waals surface area contributed by atoms with Crippen molar-refractivity contribution in [2.24, 2.45) is 0 Å². The Labute approximate surface area is 96.5 Å². The minimum atomic E-state index is -0.218. The molecule has 1 saturated heterocycles. The Morgan fingerprint density at radius 2 is 2.25 bits per heavy atom. The third-order valence-corrected chi connectivity index (χ3v) is 2.76. The molecule has 1 aliphatic rings. The standard InChI is InChI=1S/C12H20N2O2/c1-3-5-9(4-2)8-13-10-6-7-11(15)14-12(10)16/h5,10,13H,3-4,6-8H2,1-2H3,(H,14,15,16)/b9-5+. The summed E-state index contributed by atoms with van der Waals surface area (Å²) in [5.74, 6) is -0.355. The van der Waals surface area contributed by atoms with Gasteiger partial charge in [0.05, 0.1) is 6.04 Å². The first-order valence-corrected chi connectivity index (χ1v) is 5.92. The molecule has 1 unspecified atom stereocenters. The zero-order chi connectivity index (χ0) is 12.0. The average molecular weight is 224 g/mol. The molecule has 0 radical (unpaired) electrons. The molecule has 1 heterocycles. The SMILES string of the molecule is CC/C=C(\CC)CNC1CCC(=O)NC1=O. The molecule has 1 atom stereocenters. The highest BCUT2D eigenvalue weighted by Crippen LogP contribution is 2.06. The molecule has 1 fully saturated rings. The molecule has 0 spiro atoms. The van der Waals surface area contributed by atoms with Gasteiger partial charge in [-0.2, -0.15) is 0 Å². The van der Waals surface area contributed by atoms with E-state index in [2.05, 4.69) is 30.6 Å². The van der Waals surface area contributed by atoms with Gasteiger partial charge in [0.2, 0.25) is 11.8 Å². The number of nitrogens with one attached hydrogen (secondary N) is 2. The van der Waals surface area contributed by atoms with Gasteiger partial charge in [-0.15, -0.1) is 0 Å². The summed E-state index contributed by atoms with van der Waals surface area (Å²) >= 11 is 0. The van der Waals surface area contributed by atoms with Crippen molar-refractivity contribution in [1.29, 1.82) is 0 Å². The average Bonchev–Trinajstić information content (AvgIpc) is 2.26. The summed E-state index contributed by atoms with van der Waals surface area (Å²) in [6.07, 6.45) is 5.23. The fourth-order valence-corrected chi connectivity index (χ4v) is 1.77. The summed E-state index contributed by atoms with van der Waals surface area (Å²) in [6, 6.07) is -0.218. The summed E-state index contributed by atoms with van der Waals surface area (Å²) in [5.41, 5.74) is 1.31. The fraction of sp³-hybridized carbons (Fsp3) is 0.667. The van der Waals surface area contributed by atoms with Gasteiger partial charge >= 0.3 is 0 Å². The van der Waals surface area contributed by atoms with Crippen LogP contribution in [0, 0.1) is 0 Å². The molecule has 16 heavy (non-hydrogen) atoms. The van der Waals surface area contributed by atoms with Crippen LogP contribution in [0.3, 0.4) is 0 Å². The molecule has 0 saturated carbocycles. The zero-order valence-electron chi connectivity index (χ0n) is 10.0. The monoisotopic (exact) mass is 224 g/mol. The summed E-state index contributed by atoms with van der Waals surface area (Å²) in [7, 11) is 0. The van der Waals surface area contributed by atoms with Crippen LogP contribution in [0.4, 0.5) is 0 Å². The number of hydrogen-bond donors (Lipinski definition) is 2. The predicted octanol–water partition coefficient (Wildman–Crippen LogP) is 1.13. The summed E-state index contributed by atoms with van der Waals surface area (Å²) < 4.78 is 0. The molecular formula is C12H20N2O2. The molecule has 1 aliphatic heterocycles. The van der Waals surface area contributed by atoms with Crippen LogP contribution in [0.25, 0.3) is 0 Å². The minimum Gasteiger partial charge on any atom is -0.302 e. The number of allylic oxidation sites excluding steroid dienone is 1. The van der Waals surface area contributed by atoms with E-state index in [-0.39, 0.29) is 17.9 Å². The molecule has 1 rings (SSSR count). The Hall–Kier alpha value is -1.16. The lowest BCUT2D eigenvalue weighted by Crippen LogP contribution is -2.51. The van der Waals surface area contributed by atoms with Gasteiger partial charge in [-0.1, -0.05) is 25.5 Å². The highest BCUT2D eigenvalue weighted by molar-refractivity contribution is 6.00. The van der Waals surface area contributed by atoms with Crippen LogP contribution in [0.15, 0.2) is 11.6 Å². The van der Waals surface area contributed by atoms with Gasteiger partial charge in [0, 0.05) is 13.0 Å². The maximum atomic E-state index is 11.4. The van der Waals surface area contributed by atoms with Crippen LogP contribution in [-0.2, 0) is 9.59 Å². The van der Waals surface area contributed by atoms with Gasteiger partial charge in [-0.25, -0.2) is 0 Å². The van der Waals surface area contributed by atoms with E-state index in [1.54, 1.807) is 0 Å². The van der Waals surface area contributed by atoms with Crippen molar-refractivity contribution in [3.63, 3.8) is 0 Å². The van der Waals surface area contributed by atoms with E-state index in [9.17, 15) is 9.59 Å². The lowest BCUT2D eigenvalue weighted by Gasteiger charge is -2.22. The molecule has 0 aliphatic carbocycles. The van der Waals surface area contributed by atoms with Crippen molar-refractivity contribution in [2.75, 3.05) is 6.54 Å². The molecule has 0 aromatic heterocycles. The van der Waals surface area contributed by atoms with Crippen LogP contribution in [0.2, 0.25) is 0 Å². The molecule has 0 aromatic carbocycles. The minimum absolute atomic E-state index is 0.164. The van der Waals surface area contributed by atoms with Crippen molar-refractivity contribution < 1.29 is 9.59 Å². The van der Waals surface area contributed by atoms with Crippen molar-refractivity contribution >= 4 is 11.8 Å². The number of carbonyl (C=O) groups excluding carboxylic acids is 2. The second-order valence-corrected chi connectivity index (χ2v) is 4.01. The van der Waals surface area contributed by atoms with E-state index in [1.807, 2.05) is 0 Å². The molecule has 90 valence electrons. The number of hydrogen-bond acceptors (Lipinski definition) is 3. The zero-order valence-corrected chi connectivity index (χ0v) is 10.0. The van der Waals surface area contributed by atoms with E-state index in [0.717, 1.165) is 19.4 Å². The molecule has 2 amide bonds. The van der Waals surface area contributed by atoms with Gasteiger partial charge in [0.15, 0.2) is 0 Å². The Bertz CT molecular complexity index is 297. The number of amides is 2. The van der Waals surface area contributed by atoms with Crippen LogP contribution in [-0.4, -0.2) is 24.4 Å². The normalized spacial score (nSPS) is 22.1. The maximum absolute atomic E-state index is 11.4. The van der Waals surface area contributed by atoms with E-state index in [1.165, 1.54) is 5.57 Å². The van der Waals surface area contributed by atoms with Crippen molar-refractivity contribution in [3.05, 3.63) is 11.6 Å². The Morgan fingerprint density at radius 3 is 2.81 bits per heavy atom. The van der Waals surface area contributed by atoms with Gasteiger partial charge in [-0.3, -0.25) is 14.9 Å². The van der Waals surface area contributed by atoms with E-state index in [4.69, 9.17) is 0 Å². The van der Waals surface area contributed by atoms with E-state index < -0.39 is 0 Å². The lowest BCUT2D eigenvalue weighted by atomic mass is 10.1. The Kier molecular flexibility index (Phi) is 5.19. The molecule has 4 nitrogen and oxygen atoms in total. The van der Waals surface area contributed by atoms with Gasteiger partial charge in [0.1, 0.15) is 0 Å². The number of imide groups is 1. The second kappa shape index (κ2) is 6.43.